The summed E-state index contributed by atoms with van der Waals surface area (Å²) in [5.41, 5.74) is 3.60. The van der Waals surface area contributed by atoms with E-state index in [-0.39, 0.29) is 5.41 Å². The minimum absolute atomic E-state index is 0.0228. The molecule has 0 spiro atoms. The van der Waals surface area contributed by atoms with E-state index in [1.807, 2.05) is 22.7 Å². The minimum Gasteiger partial charge on any atom is -0.282 e. The van der Waals surface area contributed by atoms with E-state index in [9.17, 15) is 0 Å². The molecule has 0 radical (unpaired) electrons. The van der Waals surface area contributed by atoms with Gasteiger partial charge in [0.05, 0.1) is 11.6 Å². The standard InChI is InChI=1S/C17H16N4/c1-17(2,3)14-7-5-4-6-13(14)16-20-19-15-10-12(11-18)8-9-21(15)16/h4-10H,1-3H3. The number of aromatic nitrogens is 3. The van der Waals surface area contributed by atoms with Crippen molar-refractivity contribution in [2.75, 3.05) is 0 Å². The molecule has 104 valence electrons. The zero-order chi connectivity index (χ0) is 15.0. The zero-order valence-electron chi connectivity index (χ0n) is 12.3. The van der Waals surface area contributed by atoms with Crippen molar-refractivity contribution in [1.29, 1.82) is 5.26 Å². The Balaban J connectivity index is 2.25. The van der Waals surface area contributed by atoms with E-state index in [0.717, 1.165) is 11.4 Å². The number of benzene rings is 1. The average molecular weight is 276 g/mol. The van der Waals surface area contributed by atoms with E-state index in [0.29, 0.717) is 11.2 Å². The number of fused-ring (bicyclic) bond motifs is 1. The molecule has 0 amide bonds. The molecule has 21 heavy (non-hydrogen) atoms. The lowest BCUT2D eigenvalue weighted by Gasteiger charge is -2.22. The topological polar surface area (TPSA) is 54.0 Å². The summed E-state index contributed by atoms with van der Waals surface area (Å²) in [6.45, 7) is 6.55. The molecule has 0 atom stereocenters. The van der Waals surface area contributed by atoms with Crippen LogP contribution in [0.3, 0.4) is 0 Å². The number of pyridine rings is 1. The van der Waals surface area contributed by atoms with Gasteiger partial charge in [0.25, 0.3) is 0 Å². The van der Waals surface area contributed by atoms with E-state index in [1.165, 1.54) is 5.56 Å². The summed E-state index contributed by atoms with van der Waals surface area (Å²) < 4.78 is 1.92. The van der Waals surface area contributed by atoms with Crippen LogP contribution >= 0.6 is 0 Å². The first kappa shape index (κ1) is 13.3. The molecule has 2 heterocycles. The van der Waals surface area contributed by atoms with Crippen molar-refractivity contribution in [3.05, 3.63) is 53.7 Å². The van der Waals surface area contributed by atoms with Gasteiger partial charge in [0, 0.05) is 17.8 Å². The Morgan fingerprint density at radius 1 is 1.10 bits per heavy atom. The number of nitrogens with zero attached hydrogens (tertiary/aromatic N) is 4. The summed E-state index contributed by atoms with van der Waals surface area (Å²) in [7, 11) is 0. The Morgan fingerprint density at radius 2 is 1.86 bits per heavy atom. The lowest BCUT2D eigenvalue weighted by molar-refractivity contribution is 0.591. The lowest BCUT2D eigenvalue weighted by Crippen LogP contribution is -2.13. The molecule has 4 nitrogen and oxygen atoms in total. The summed E-state index contributed by atoms with van der Waals surface area (Å²) >= 11 is 0. The smallest absolute Gasteiger partial charge is 0.168 e. The van der Waals surface area contributed by atoms with Crippen LogP contribution in [0.4, 0.5) is 0 Å². The van der Waals surface area contributed by atoms with Crippen LogP contribution in [0.15, 0.2) is 42.6 Å². The van der Waals surface area contributed by atoms with Crippen molar-refractivity contribution >= 4 is 5.65 Å². The van der Waals surface area contributed by atoms with Gasteiger partial charge in [-0.25, -0.2) is 0 Å². The first-order chi connectivity index (χ1) is 10.0. The van der Waals surface area contributed by atoms with Gasteiger partial charge >= 0.3 is 0 Å². The van der Waals surface area contributed by atoms with Gasteiger partial charge in [0.2, 0.25) is 0 Å². The van der Waals surface area contributed by atoms with E-state index < -0.39 is 0 Å². The number of nitriles is 1. The molecule has 0 saturated heterocycles. The molecule has 0 unspecified atom stereocenters. The molecule has 3 rings (SSSR count). The summed E-state index contributed by atoms with van der Waals surface area (Å²) in [4.78, 5) is 0. The summed E-state index contributed by atoms with van der Waals surface area (Å²) in [5.74, 6) is 0.806. The molecule has 3 aromatic rings. The van der Waals surface area contributed by atoms with E-state index in [2.05, 4.69) is 49.2 Å². The van der Waals surface area contributed by atoms with Gasteiger partial charge in [-0.15, -0.1) is 10.2 Å². The second-order valence-corrected chi connectivity index (χ2v) is 6.07. The highest BCUT2D eigenvalue weighted by Gasteiger charge is 2.20. The second kappa shape index (κ2) is 4.71. The number of rotatable bonds is 1. The van der Waals surface area contributed by atoms with Gasteiger partial charge in [0.1, 0.15) is 0 Å². The van der Waals surface area contributed by atoms with Gasteiger partial charge in [-0.05, 0) is 17.0 Å². The van der Waals surface area contributed by atoms with Crippen LogP contribution in [0.1, 0.15) is 31.9 Å². The van der Waals surface area contributed by atoms with Crippen LogP contribution in [0.5, 0.6) is 0 Å². The van der Waals surface area contributed by atoms with Crippen molar-refractivity contribution in [3.8, 4) is 17.5 Å². The molecule has 0 fully saturated rings. The highest BCUT2D eigenvalue weighted by Crippen LogP contribution is 2.32. The van der Waals surface area contributed by atoms with Crippen LogP contribution < -0.4 is 0 Å². The van der Waals surface area contributed by atoms with Crippen molar-refractivity contribution in [1.82, 2.24) is 14.6 Å². The maximum atomic E-state index is 8.96. The Labute approximate surface area is 123 Å². The minimum atomic E-state index is 0.0228. The zero-order valence-corrected chi connectivity index (χ0v) is 12.3. The quantitative estimate of drug-likeness (QED) is 0.682. The van der Waals surface area contributed by atoms with Crippen molar-refractivity contribution < 1.29 is 0 Å². The SMILES string of the molecule is CC(C)(C)c1ccccc1-c1nnc2cc(C#N)ccn12. The van der Waals surface area contributed by atoms with Crippen LogP contribution in [-0.2, 0) is 5.41 Å². The fourth-order valence-electron chi connectivity index (χ4n) is 2.48. The van der Waals surface area contributed by atoms with E-state index >= 15 is 0 Å². The van der Waals surface area contributed by atoms with Crippen LogP contribution in [-0.4, -0.2) is 14.6 Å². The summed E-state index contributed by atoms with van der Waals surface area (Å²) in [6.07, 6.45) is 1.85. The third-order valence-electron chi connectivity index (χ3n) is 3.52. The molecule has 0 aliphatic rings. The molecule has 0 N–H and O–H groups in total. The Hall–Kier alpha value is -2.67. The molecule has 0 aliphatic carbocycles. The highest BCUT2D eigenvalue weighted by molar-refractivity contribution is 5.65. The van der Waals surface area contributed by atoms with Gasteiger partial charge in [-0.2, -0.15) is 5.26 Å². The Kier molecular flexibility index (Phi) is 2.99. The Bertz CT molecular complexity index is 847. The molecule has 0 aliphatic heterocycles. The molecule has 0 bridgehead atoms. The summed E-state index contributed by atoms with van der Waals surface area (Å²) in [5, 5.41) is 17.5. The van der Waals surface area contributed by atoms with Crippen LogP contribution in [0, 0.1) is 11.3 Å². The van der Waals surface area contributed by atoms with E-state index in [1.54, 1.807) is 12.1 Å². The van der Waals surface area contributed by atoms with Crippen molar-refractivity contribution in [3.63, 3.8) is 0 Å². The maximum Gasteiger partial charge on any atom is 0.168 e. The highest BCUT2D eigenvalue weighted by atomic mass is 15.2. The normalized spacial score (nSPS) is 11.5. The summed E-state index contributed by atoms with van der Waals surface area (Å²) in [6, 6.07) is 13.9. The van der Waals surface area contributed by atoms with Crippen LogP contribution in [0.25, 0.3) is 17.0 Å². The predicted molar refractivity (Wildman–Crippen MR) is 81.8 cm³/mol. The van der Waals surface area contributed by atoms with Crippen molar-refractivity contribution in [2.45, 2.75) is 26.2 Å². The fourth-order valence-corrected chi connectivity index (χ4v) is 2.48. The van der Waals surface area contributed by atoms with Gasteiger partial charge in [-0.3, -0.25) is 4.40 Å². The first-order valence-electron chi connectivity index (χ1n) is 6.85. The second-order valence-electron chi connectivity index (χ2n) is 6.07. The number of hydrogen-bond donors (Lipinski definition) is 0. The third kappa shape index (κ3) is 2.27. The van der Waals surface area contributed by atoms with Gasteiger partial charge in [-0.1, -0.05) is 45.0 Å². The third-order valence-corrected chi connectivity index (χ3v) is 3.52. The van der Waals surface area contributed by atoms with Crippen molar-refractivity contribution in [2.24, 2.45) is 0 Å². The van der Waals surface area contributed by atoms with Crippen LogP contribution in [0.2, 0.25) is 0 Å². The van der Waals surface area contributed by atoms with E-state index in [4.69, 9.17) is 5.26 Å². The Morgan fingerprint density at radius 3 is 2.57 bits per heavy atom. The molecular weight excluding hydrogens is 260 g/mol. The molecule has 4 heteroatoms. The first-order valence-corrected chi connectivity index (χ1v) is 6.85. The fraction of sp³-hybridized carbons (Fsp3) is 0.235. The molecule has 2 aromatic heterocycles. The average Bonchev–Trinajstić information content (AvgIpc) is 2.89. The lowest BCUT2D eigenvalue weighted by atomic mass is 9.83. The molecule has 0 saturated carbocycles. The largest absolute Gasteiger partial charge is 0.282 e. The molecule has 1 aromatic carbocycles. The molecular formula is C17H16N4. The predicted octanol–water partition coefficient (Wildman–Crippen LogP) is 3.57. The van der Waals surface area contributed by atoms with Gasteiger partial charge < -0.3 is 0 Å². The monoisotopic (exact) mass is 276 g/mol. The number of hydrogen-bond acceptors (Lipinski definition) is 3. The van der Waals surface area contributed by atoms with Gasteiger partial charge in [0.15, 0.2) is 11.5 Å². The maximum absolute atomic E-state index is 8.96.